The maximum Gasteiger partial charge on any atom is 0.252 e. The van der Waals surface area contributed by atoms with Crippen molar-refractivity contribution in [1.29, 1.82) is 0 Å². The summed E-state index contributed by atoms with van der Waals surface area (Å²) in [7, 11) is 0. The summed E-state index contributed by atoms with van der Waals surface area (Å²) in [4.78, 5) is 0. The van der Waals surface area contributed by atoms with Gasteiger partial charge in [0.1, 0.15) is 0 Å². The molecule has 1 aliphatic rings. The zero-order chi connectivity index (χ0) is 11.3. The fourth-order valence-electron chi connectivity index (χ4n) is 2.03. The van der Waals surface area contributed by atoms with Crippen molar-refractivity contribution in [3.8, 4) is 0 Å². The Kier molecular flexibility index (Phi) is 2.39. The van der Waals surface area contributed by atoms with Gasteiger partial charge in [0.2, 0.25) is 0 Å². The molecule has 1 nitrogen and oxygen atoms in total. The summed E-state index contributed by atoms with van der Waals surface area (Å²) >= 11 is 3.37. The van der Waals surface area contributed by atoms with Crippen LogP contribution >= 0.6 is 15.9 Å². The van der Waals surface area contributed by atoms with Crippen LogP contribution in [-0.2, 0) is 5.54 Å². The quantitative estimate of drug-likeness (QED) is 0.836. The Balaban J connectivity index is 2.28. The first-order valence-electron chi connectivity index (χ1n) is 4.76. The van der Waals surface area contributed by atoms with Gasteiger partial charge in [-0.05, 0) is 24.1 Å². The molecule has 2 rings (SSSR count). The first-order chi connectivity index (χ1) is 6.82. The van der Waals surface area contributed by atoms with Crippen LogP contribution < -0.4 is 5.73 Å². The predicted octanol–water partition coefficient (Wildman–Crippen LogP) is 3.34. The SMILES string of the molecule is Cc1cc(C2(N)CC(F)(F)C2)ccc1Br. The van der Waals surface area contributed by atoms with Crippen LogP contribution in [0.3, 0.4) is 0 Å². The Hall–Kier alpha value is -0.480. The minimum atomic E-state index is -2.59. The van der Waals surface area contributed by atoms with Crippen LogP contribution in [0, 0.1) is 6.92 Å². The van der Waals surface area contributed by atoms with Gasteiger partial charge < -0.3 is 5.73 Å². The van der Waals surface area contributed by atoms with Crippen LogP contribution in [0.15, 0.2) is 22.7 Å². The van der Waals surface area contributed by atoms with Crippen LogP contribution in [0.4, 0.5) is 8.78 Å². The van der Waals surface area contributed by atoms with Crippen LogP contribution in [0.1, 0.15) is 24.0 Å². The maximum atomic E-state index is 12.8. The lowest BCUT2D eigenvalue weighted by Crippen LogP contribution is -2.55. The number of hydrogen-bond acceptors (Lipinski definition) is 1. The molecule has 82 valence electrons. The molecular formula is C11H12BrF2N. The zero-order valence-electron chi connectivity index (χ0n) is 8.36. The van der Waals surface area contributed by atoms with Crippen molar-refractivity contribution in [2.24, 2.45) is 5.73 Å². The summed E-state index contributed by atoms with van der Waals surface area (Å²) in [5, 5.41) is 0. The highest BCUT2D eigenvalue weighted by Gasteiger charge is 2.55. The molecule has 0 spiro atoms. The van der Waals surface area contributed by atoms with Crippen LogP contribution in [0.5, 0.6) is 0 Å². The third-order valence-electron chi connectivity index (χ3n) is 2.88. The Morgan fingerprint density at radius 3 is 2.40 bits per heavy atom. The second-order valence-corrected chi connectivity index (χ2v) is 5.18. The number of rotatable bonds is 1. The third kappa shape index (κ3) is 1.93. The highest BCUT2D eigenvalue weighted by Crippen LogP contribution is 2.50. The fourth-order valence-corrected chi connectivity index (χ4v) is 2.28. The molecule has 0 bridgehead atoms. The molecule has 15 heavy (non-hydrogen) atoms. The Labute approximate surface area is 95.8 Å². The smallest absolute Gasteiger partial charge is 0.252 e. The molecule has 0 atom stereocenters. The average molecular weight is 276 g/mol. The van der Waals surface area contributed by atoms with Crippen molar-refractivity contribution < 1.29 is 8.78 Å². The van der Waals surface area contributed by atoms with Gasteiger partial charge in [-0.1, -0.05) is 28.1 Å². The molecule has 0 radical (unpaired) electrons. The maximum absolute atomic E-state index is 12.8. The summed E-state index contributed by atoms with van der Waals surface area (Å²) in [6, 6.07) is 5.54. The van der Waals surface area contributed by atoms with Gasteiger partial charge in [-0.3, -0.25) is 0 Å². The van der Waals surface area contributed by atoms with E-state index in [0.29, 0.717) is 0 Å². The molecule has 4 heteroatoms. The Morgan fingerprint density at radius 1 is 1.33 bits per heavy atom. The Bertz CT molecular complexity index is 396. The molecule has 1 aromatic rings. The zero-order valence-corrected chi connectivity index (χ0v) is 9.94. The second kappa shape index (κ2) is 3.25. The lowest BCUT2D eigenvalue weighted by Gasteiger charge is -2.45. The van der Waals surface area contributed by atoms with E-state index in [1.165, 1.54) is 0 Å². The van der Waals surface area contributed by atoms with Crippen LogP contribution in [0.2, 0.25) is 0 Å². The first-order valence-corrected chi connectivity index (χ1v) is 5.55. The van der Waals surface area contributed by atoms with Crippen molar-refractivity contribution in [3.05, 3.63) is 33.8 Å². The van der Waals surface area contributed by atoms with Crippen molar-refractivity contribution in [3.63, 3.8) is 0 Å². The molecule has 0 amide bonds. The number of hydrogen-bond donors (Lipinski definition) is 1. The largest absolute Gasteiger partial charge is 0.321 e. The van der Waals surface area contributed by atoms with Crippen molar-refractivity contribution in [2.45, 2.75) is 31.2 Å². The summed E-state index contributed by atoms with van der Waals surface area (Å²) in [5.74, 6) is -2.59. The van der Waals surface area contributed by atoms with Gasteiger partial charge >= 0.3 is 0 Å². The number of halogens is 3. The van der Waals surface area contributed by atoms with Crippen LogP contribution in [-0.4, -0.2) is 5.92 Å². The van der Waals surface area contributed by atoms with Crippen molar-refractivity contribution >= 4 is 15.9 Å². The van der Waals surface area contributed by atoms with Crippen molar-refractivity contribution in [1.82, 2.24) is 0 Å². The lowest BCUT2D eigenvalue weighted by atomic mass is 9.69. The molecule has 0 aliphatic heterocycles. The molecule has 1 aliphatic carbocycles. The van der Waals surface area contributed by atoms with E-state index in [9.17, 15) is 8.78 Å². The molecule has 2 N–H and O–H groups in total. The number of aryl methyl sites for hydroxylation is 1. The average Bonchev–Trinajstić information content (AvgIpc) is 2.06. The van der Waals surface area contributed by atoms with Gasteiger partial charge in [0.15, 0.2) is 0 Å². The fraction of sp³-hybridized carbons (Fsp3) is 0.455. The summed E-state index contributed by atoms with van der Waals surface area (Å²) in [6.07, 6.45) is -0.498. The van der Waals surface area contributed by atoms with E-state index in [0.717, 1.165) is 15.6 Å². The molecule has 1 fully saturated rings. The van der Waals surface area contributed by atoms with Gasteiger partial charge in [-0.2, -0.15) is 0 Å². The van der Waals surface area contributed by atoms with Gasteiger partial charge in [-0.25, -0.2) is 8.78 Å². The predicted molar refractivity (Wildman–Crippen MR) is 58.9 cm³/mol. The van der Waals surface area contributed by atoms with E-state index in [4.69, 9.17) is 5.73 Å². The van der Waals surface area contributed by atoms with E-state index < -0.39 is 11.5 Å². The molecule has 1 aromatic carbocycles. The van der Waals surface area contributed by atoms with Gasteiger partial charge in [-0.15, -0.1) is 0 Å². The Morgan fingerprint density at radius 2 is 1.93 bits per heavy atom. The topological polar surface area (TPSA) is 26.0 Å². The summed E-state index contributed by atoms with van der Waals surface area (Å²) < 4.78 is 26.6. The molecular weight excluding hydrogens is 264 g/mol. The first kappa shape index (κ1) is 11.0. The minimum Gasteiger partial charge on any atom is -0.321 e. The van der Waals surface area contributed by atoms with E-state index in [-0.39, 0.29) is 12.8 Å². The van der Waals surface area contributed by atoms with E-state index in [1.54, 1.807) is 0 Å². The summed E-state index contributed by atoms with van der Waals surface area (Å²) in [6.45, 7) is 1.92. The standard InChI is InChI=1S/C11H12BrF2N/c1-7-4-8(2-3-9(7)12)10(15)5-11(13,14)6-10/h2-4H,5-6,15H2,1H3. The number of nitrogens with two attached hydrogens (primary N) is 1. The van der Waals surface area contributed by atoms with Gasteiger partial charge in [0.25, 0.3) is 5.92 Å². The van der Waals surface area contributed by atoms with E-state index in [2.05, 4.69) is 15.9 Å². The highest BCUT2D eigenvalue weighted by molar-refractivity contribution is 9.10. The highest BCUT2D eigenvalue weighted by atomic mass is 79.9. The van der Waals surface area contributed by atoms with Gasteiger partial charge in [0, 0.05) is 17.3 Å². The minimum absolute atomic E-state index is 0.249. The monoisotopic (exact) mass is 275 g/mol. The molecule has 0 unspecified atom stereocenters. The number of alkyl halides is 2. The lowest BCUT2D eigenvalue weighted by molar-refractivity contribution is -0.125. The number of benzene rings is 1. The molecule has 0 heterocycles. The molecule has 0 aromatic heterocycles. The van der Waals surface area contributed by atoms with Gasteiger partial charge in [0.05, 0.1) is 5.54 Å². The van der Waals surface area contributed by atoms with Crippen LogP contribution in [0.25, 0.3) is 0 Å². The van der Waals surface area contributed by atoms with E-state index in [1.807, 2.05) is 25.1 Å². The molecule has 1 saturated carbocycles. The third-order valence-corrected chi connectivity index (χ3v) is 3.77. The second-order valence-electron chi connectivity index (χ2n) is 4.33. The van der Waals surface area contributed by atoms with E-state index >= 15 is 0 Å². The molecule has 0 saturated heterocycles. The normalized spacial score (nSPS) is 22.2. The summed E-state index contributed by atoms with van der Waals surface area (Å²) in [5.41, 5.74) is 6.91. The van der Waals surface area contributed by atoms with Crippen molar-refractivity contribution in [2.75, 3.05) is 0 Å².